The Morgan fingerprint density at radius 3 is 2.31 bits per heavy atom. The van der Waals surface area contributed by atoms with Crippen LogP contribution in [0, 0.1) is 13.8 Å². The van der Waals surface area contributed by atoms with E-state index in [0.717, 1.165) is 5.69 Å². The van der Waals surface area contributed by atoms with Crippen molar-refractivity contribution in [3.05, 3.63) is 40.1 Å². The molecule has 1 rings (SSSR count). The van der Waals surface area contributed by atoms with E-state index in [1.54, 1.807) is 25.3 Å². The predicted octanol–water partition coefficient (Wildman–Crippen LogP) is 3.02. The molecule has 88 valence electrons. The fraction of sp³-hybridized carbons (Fsp3) is 0.385. The summed E-state index contributed by atoms with van der Waals surface area (Å²) in [6.45, 7) is 13.1. The number of aryl methyl sites for hydroxylation is 1. The van der Waals surface area contributed by atoms with Gasteiger partial charge in [0.25, 0.3) is 5.56 Å². The van der Waals surface area contributed by atoms with Crippen LogP contribution in [-0.4, -0.2) is 9.55 Å². The van der Waals surface area contributed by atoms with Crippen molar-refractivity contribution in [2.24, 2.45) is 0 Å². The first kappa shape index (κ1) is 14.4. The molecule has 0 radical (unpaired) electrons. The average Bonchev–Trinajstić information content (AvgIpc) is 2.32. The monoisotopic (exact) mass is 220 g/mol. The van der Waals surface area contributed by atoms with Gasteiger partial charge < -0.3 is 0 Å². The van der Waals surface area contributed by atoms with Gasteiger partial charge in [0.05, 0.1) is 0 Å². The van der Waals surface area contributed by atoms with Crippen LogP contribution in [0.3, 0.4) is 0 Å². The second-order valence-electron chi connectivity index (χ2n) is 3.04. The van der Waals surface area contributed by atoms with Gasteiger partial charge in [0.1, 0.15) is 5.82 Å². The molecule has 0 fully saturated rings. The highest BCUT2D eigenvalue weighted by molar-refractivity contribution is 5.43. The minimum Gasteiger partial charge on any atom is -0.269 e. The summed E-state index contributed by atoms with van der Waals surface area (Å²) < 4.78 is 1.50. The summed E-state index contributed by atoms with van der Waals surface area (Å²) in [5.74, 6) is 0.580. The van der Waals surface area contributed by atoms with E-state index in [1.807, 2.05) is 27.7 Å². The lowest BCUT2D eigenvalue weighted by Crippen LogP contribution is -2.23. The molecule has 0 aliphatic carbocycles. The van der Waals surface area contributed by atoms with Crippen molar-refractivity contribution in [2.75, 3.05) is 0 Å². The third-order valence-electron chi connectivity index (χ3n) is 2.09. The van der Waals surface area contributed by atoms with Crippen LogP contribution in [0.5, 0.6) is 0 Å². The zero-order chi connectivity index (χ0) is 12.7. The molecule has 0 aliphatic rings. The van der Waals surface area contributed by atoms with Crippen LogP contribution in [0.15, 0.2) is 17.4 Å². The Morgan fingerprint density at radius 2 is 1.88 bits per heavy atom. The molecule has 3 heteroatoms. The molecule has 0 atom stereocenters. The van der Waals surface area contributed by atoms with Gasteiger partial charge in [-0.05, 0) is 26.8 Å². The molecule has 0 aromatic carbocycles. The molecule has 0 saturated carbocycles. The second-order valence-corrected chi connectivity index (χ2v) is 3.04. The van der Waals surface area contributed by atoms with Crippen LogP contribution in [-0.2, 0) is 0 Å². The Balaban J connectivity index is 0.00000106. The van der Waals surface area contributed by atoms with Gasteiger partial charge in [0.15, 0.2) is 0 Å². The fourth-order valence-corrected chi connectivity index (χ4v) is 1.19. The molecule has 0 aliphatic heterocycles. The SMILES string of the molecule is C=Cc1nc(C)c(C)c(=O)n1/C=C\C.CC. The smallest absolute Gasteiger partial charge is 0.260 e. The summed E-state index contributed by atoms with van der Waals surface area (Å²) in [6.07, 6.45) is 5.07. The van der Waals surface area contributed by atoms with Gasteiger partial charge in [0, 0.05) is 17.5 Å². The summed E-state index contributed by atoms with van der Waals surface area (Å²) in [5.41, 5.74) is 1.39. The van der Waals surface area contributed by atoms with Crippen LogP contribution in [0.2, 0.25) is 0 Å². The maximum Gasteiger partial charge on any atom is 0.260 e. The molecule has 3 nitrogen and oxygen atoms in total. The number of aromatic nitrogens is 2. The van der Waals surface area contributed by atoms with Crippen molar-refractivity contribution < 1.29 is 0 Å². The summed E-state index contributed by atoms with van der Waals surface area (Å²) >= 11 is 0. The van der Waals surface area contributed by atoms with Gasteiger partial charge in [-0.2, -0.15) is 0 Å². The third kappa shape index (κ3) is 2.92. The van der Waals surface area contributed by atoms with Crippen LogP contribution in [0.25, 0.3) is 12.3 Å². The van der Waals surface area contributed by atoms with Crippen molar-refractivity contribution in [3.63, 3.8) is 0 Å². The van der Waals surface area contributed by atoms with Crippen molar-refractivity contribution in [1.29, 1.82) is 0 Å². The molecule has 1 aromatic heterocycles. The van der Waals surface area contributed by atoms with E-state index < -0.39 is 0 Å². The molecule has 0 saturated heterocycles. The van der Waals surface area contributed by atoms with Crippen molar-refractivity contribution in [1.82, 2.24) is 9.55 Å². The van der Waals surface area contributed by atoms with E-state index in [1.165, 1.54) is 4.57 Å². The van der Waals surface area contributed by atoms with Gasteiger partial charge in [-0.1, -0.05) is 26.5 Å². The molecule has 0 spiro atoms. The van der Waals surface area contributed by atoms with Gasteiger partial charge in [-0.3, -0.25) is 9.36 Å². The number of hydrogen-bond acceptors (Lipinski definition) is 2. The van der Waals surface area contributed by atoms with Crippen molar-refractivity contribution in [3.8, 4) is 0 Å². The Kier molecular flexibility index (Phi) is 6.08. The summed E-state index contributed by atoms with van der Waals surface area (Å²) in [4.78, 5) is 16.0. The highest BCUT2D eigenvalue weighted by Crippen LogP contribution is 2.02. The third-order valence-corrected chi connectivity index (χ3v) is 2.09. The Morgan fingerprint density at radius 1 is 1.31 bits per heavy atom. The van der Waals surface area contributed by atoms with Crippen LogP contribution in [0.1, 0.15) is 37.9 Å². The molecule has 0 bridgehead atoms. The summed E-state index contributed by atoms with van der Waals surface area (Å²) in [7, 11) is 0. The number of hydrogen-bond donors (Lipinski definition) is 0. The first-order valence-corrected chi connectivity index (χ1v) is 5.46. The Hall–Kier alpha value is -1.64. The molecular weight excluding hydrogens is 200 g/mol. The van der Waals surface area contributed by atoms with Crippen molar-refractivity contribution >= 4 is 12.3 Å². The average molecular weight is 220 g/mol. The van der Waals surface area contributed by atoms with Crippen LogP contribution in [0.4, 0.5) is 0 Å². The van der Waals surface area contributed by atoms with E-state index in [-0.39, 0.29) is 5.56 Å². The largest absolute Gasteiger partial charge is 0.269 e. The lowest BCUT2D eigenvalue weighted by atomic mass is 10.2. The highest BCUT2D eigenvalue weighted by Gasteiger charge is 2.05. The molecule has 0 unspecified atom stereocenters. The molecule has 16 heavy (non-hydrogen) atoms. The van der Waals surface area contributed by atoms with Gasteiger partial charge in [-0.15, -0.1) is 0 Å². The first-order chi connectivity index (χ1) is 7.61. The maximum absolute atomic E-state index is 11.8. The van der Waals surface area contributed by atoms with E-state index >= 15 is 0 Å². The van der Waals surface area contributed by atoms with Crippen LogP contribution < -0.4 is 5.56 Å². The minimum atomic E-state index is -0.0366. The fourth-order valence-electron chi connectivity index (χ4n) is 1.19. The zero-order valence-corrected chi connectivity index (χ0v) is 10.7. The lowest BCUT2D eigenvalue weighted by Gasteiger charge is -2.07. The molecule has 1 heterocycles. The van der Waals surface area contributed by atoms with Gasteiger partial charge in [0.2, 0.25) is 0 Å². The second kappa shape index (κ2) is 6.77. The Bertz CT molecular complexity index is 442. The molecule has 0 amide bonds. The molecular formula is C13H20N2O. The number of nitrogens with zero attached hydrogens (tertiary/aromatic N) is 2. The number of allylic oxidation sites excluding steroid dienone is 1. The zero-order valence-electron chi connectivity index (χ0n) is 10.7. The summed E-state index contributed by atoms with van der Waals surface area (Å²) in [5, 5.41) is 0. The van der Waals surface area contributed by atoms with Crippen molar-refractivity contribution in [2.45, 2.75) is 34.6 Å². The highest BCUT2D eigenvalue weighted by atomic mass is 16.1. The maximum atomic E-state index is 11.8. The van der Waals surface area contributed by atoms with Gasteiger partial charge >= 0.3 is 0 Å². The molecule has 0 N–H and O–H groups in total. The van der Waals surface area contributed by atoms with Gasteiger partial charge in [-0.25, -0.2) is 4.98 Å². The first-order valence-electron chi connectivity index (χ1n) is 5.46. The van der Waals surface area contributed by atoms with E-state index in [9.17, 15) is 4.79 Å². The summed E-state index contributed by atoms with van der Waals surface area (Å²) in [6, 6.07) is 0. The topological polar surface area (TPSA) is 34.9 Å². The predicted molar refractivity (Wildman–Crippen MR) is 70.4 cm³/mol. The lowest BCUT2D eigenvalue weighted by molar-refractivity contribution is 0.914. The molecule has 1 aromatic rings. The van der Waals surface area contributed by atoms with Crippen LogP contribution >= 0.6 is 0 Å². The quantitative estimate of drug-likeness (QED) is 0.768. The van der Waals surface area contributed by atoms with E-state index in [2.05, 4.69) is 11.6 Å². The van der Waals surface area contributed by atoms with E-state index in [4.69, 9.17) is 0 Å². The minimum absolute atomic E-state index is 0.0366. The normalized spacial score (nSPS) is 9.81. The Labute approximate surface area is 97.2 Å². The number of rotatable bonds is 2. The van der Waals surface area contributed by atoms with E-state index in [0.29, 0.717) is 11.4 Å². The standard InChI is InChI=1S/C11H14N2O.C2H6/c1-5-7-13-10(6-2)12-9(4)8(3)11(13)14;1-2/h5-7H,2H2,1,3-4H3;1-2H3/b7-5-;.